The Labute approximate surface area is 134 Å². The highest BCUT2D eigenvalue weighted by Gasteiger charge is 2.05. The Kier molecular flexibility index (Phi) is 5.42. The summed E-state index contributed by atoms with van der Waals surface area (Å²) in [4.78, 5) is 0.319. The summed E-state index contributed by atoms with van der Waals surface area (Å²) in [6.45, 7) is 2.76. The van der Waals surface area contributed by atoms with Gasteiger partial charge in [-0.05, 0) is 42.8 Å². The standard InChI is InChI=1S/C16H16ClNO2S/c1-11-10-12(6-7-14(11)17)19-8-9-20-15-5-3-2-4-13(15)16(18)21/h2-7,10H,8-9H2,1H3,(H2,18,21). The molecule has 110 valence electrons. The quantitative estimate of drug-likeness (QED) is 0.650. The third kappa shape index (κ3) is 4.34. The average molecular weight is 322 g/mol. The van der Waals surface area contributed by atoms with Crippen LogP contribution in [0.15, 0.2) is 42.5 Å². The van der Waals surface area contributed by atoms with Gasteiger partial charge >= 0.3 is 0 Å². The second kappa shape index (κ2) is 7.29. The fourth-order valence-electron chi connectivity index (χ4n) is 1.81. The van der Waals surface area contributed by atoms with Crippen LogP contribution in [0.25, 0.3) is 0 Å². The SMILES string of the molecule is Cc1cc(OCCOc2ccccc2C(N)=S)ccc1Cl. The number of aryl methyl sites for hydroxylation is 1. The maximum Gasteiger partial charge on any atom is 0.129 e. The van der Waals surface area contributed by atoms with Gasteiger partial charge in [-0.15, -0.1) is 0 Å². The van der Waals surface area contributed by atoms with Gasteiger partial charge in [-0.3, -0.25) is 0 Å². The van der Waals surface area contributed by atoms with E-state index in [2.05, 4.69) is 0 Å². The van der Waals surface area contributed by atoms with Gasteiger partial charge in [0.25, 0.3) is 0 Å². The number of benzene rings is 2. The first-order valence-corrected chi connectivity index (χ1v) is 7.27. The molecule has 0 fully saturated rings. The summed E-state index contributed by atoms with van der Waals surface area (Å²) >= 11 is 11.0. The molecule has 5 heteroatoms. The molecule has 0 bridgehead atoms. The maximum absolute atomic E-state index is 5.96. The highest BCUT2D eigenvalue weighted by atomic mass is 35.5. The van der Waals surface area contributed by atoms with Crippen molar-refractivity contribution in [2.24, 2.45) is 5.73 Å². The first kappa shape index (κ1) is 15.6. The van der Waals surface area contributed by atoms with E-state index < -0.39 is 0 Å². The molecule has 0 unspecified atom stereocenters. The third-order valence-corrected chi connectivity index (χ3v) is 3.54. The van der Waals surface area contributed by atoms with Crippen LogP contribution in [0, 0.1) is 6.92 Å². The Bertz CT molecular complexity index is 646. The molecule has 3 nitrogen and oxygen atoms in total. The molecule has 2 aromatic rings. The second-order valence-corrected chi connectivity index (χ2v) is 5.32. The van der Waals surface area contributed by atoms with Crippen molar-refractivity contribution in [2.45, 2.75) is 6.92 Å². The number of halogens is 1. The molecule has 2 aromatic carbocycles. The van der Waals surface area contributed by atoms with Gasteiger partial charge in [-0.2, -0.15) is 0 Å². The zero-order chi connectivity index (χ0) is 15.2. The molecule has 2 N–H and O–H groups in total. The van der Waals surface area contributed by atoms with Gasteiger partial charge in [-0.25, -0.2) is 0 Å². The van der Waals surface area contributed by atoms with E-state index in [1.807, 2.05) is 49.4 Å². The molecule has 0 amide bonds. The molecular formula is C16H16ClNO2S. The van der Waals surface area contributed by atoms with Crippen molar-refractivity contribution in [1.29, 1.82) is 0 Å². The van der Waals surface area contributed by atoms with E-state index in [-0.39, 0.29) is 0 Å². The molecule has 0 aliphatic rings. The van der Waals surface area contributed by atoms with Crippen LogP contribution in [0.1, 0.15) is 11.1 Å². The minimum Gasteiger partial charge on any atom is -0.490 e. The van der Waals surface area contributed by atoms with Crippen molar-refractivity contribution >= 4 is 28.8 Å². The predicted molar refractivity (Wildman–Crippen MR) is 89.5 cm³/mol. The summed E-state index contributed by atoms with van der Waals surface area (Å²) < 4.78 is 11.3. The summed E-state index contributed by atoms with van der Waals surface area (Å²) in [6, 6.07) is 13.0. The van der Waals surface area contributed by atoms with Crippen LogP contribution < -0.4 is 15.2 Å². The van der Waals surface area contributed by atoms with Crippen LogP contribution >= 0.6 is 23.8 Å². The zero-order valence-electron chi connectivity index (χ0n) is 11.6. The molecule has 0 heterocycles. The fraction of sp³-hybridized carbons (Fsp3) is 0.188. The van der Waals surface area contributed by atoms with E-state index in [0.717, 1.165) is 21.9 Å². The Morgan fingerprint density at radius 1 is 1.14 bits per heavy atom. The topological polar surface area (TPSA) is 44.5 Å². The lowest BCUT2D eigenvalue weighted by Crippen LogP contribution is -2.14. The lowest BCUT2D eigenvalue weighted by molar-refractivity contribution is 0.217. The molecule has 0 aliphatic carbocycles. The van der Waals surface area contributed by atoms with Crippen LogP contribution in [-0.4, -0.2) is 18.2 Å². The van der Waals surface area contributed by atoms with E-state index in [1.54, 1.807) is 0 Å². The number of hydrogen-bond donors (Lipinski definition) is 1. The second-order valence-electron chi connectivity index (χ2n) is 4.47. The highest BCUT2D eigenvalue weighted by molar-refractivity contribution is 7.80. The summed E-state index contributed by atoms with van der Waals surface area (Å²) in [5.74, 6) is 1.43. The summed E-state index contributed by atoms with van der Waals surface area (Å²) in [6.07, 6.45) is 0. The Balaban J connectivity index is 1.87. The van der Waals surface area contributed by atoms with E-state index in [9.17, 15) is 0 Å². The highest BCUT2D eigenvalue weighted by Crippen LogP contribution is 2.21. The number of ether oxygens (including phenoxy) is 2. The Hall–Kier alpha value is -1.78. The minimum atomic E-state index is 0.319. The summed E-state index contributed by atoms with van der Waals surface area (Å²) in [7, 11) is 0. The van der Waals surface area contributed by atoms with Crippen molar-refractivity contribution < 1.29 is 9.47 Å². The van der Waals surface area contributed by atoms with Crippen molar-refractivity contribution in [2.75, 3.05) is 13.2 Å². The first-order chi connectivity index (χ1) is 10.1. The lowest BCUT2D eigenvalue weighted by atomic mass is 10.2. The molecular weight excluding hydrogens is 306 g/mol. The van der Waals surface area contributed by atoms with Crippen LogP contribution in [0.2, 0.25) is 5.02 Å². The van der Waals surface area contributed by atoms with Crippen molar-refractivity contribution in [3.63, 3.8) is 0 Å². The van der Waals surface area contributed by atoms with E-state index >= 15 is 0 Å². The number of rotatable bonds is 6. The Morgan fingerprint density at radius 3 is 2.57 bits per heavy atom. The minimum absolute atomic E-state index is 0.319. The smallest absolute Gasteiger partial charge is 0.129 e. The normalized spacial score (nSPS) is 10.2. The van der Waals surface area contributed by atoms with Gasteiger partial charge in [0.15, 0.2) is 0 Å². The molecule has 0 spiro atoms. The van der Waals surface area contributed by atoms with Gasteiger partial charge in [-0.1, -0.05) is 36.0 Å². The maximum atomic E-state index is 5.96. The van der Waals surface area contributed by atoms with Gasteiger partial charge in [0, 0.05) is 5.02 Å². The van der Waals surface area contributed by atoms with Gasteiger partial charge in [0.05, 0.1) is 5.56 Å². The zero-order valence-corrected chi connectivity index (χ0v) is 13.2. The third-order valence-electron chi connectivity index (χ3n) is 2.89. The summed E-state index contributed by atoms with van der Waals surface area (Å²) in [5.41, 5.74) is 7.36. The molecule has 21 heavy (non-hydrogen) atoms. The first-order valence-electron chi connectivity index (χ1n) is 6.48. The molecule has 2 rings (SSSR count). The van der Waals surface area contributed by atoms with Gasteiger partial charge < -0.3 is 15.2 Å². The van der Waals surface area contributed by atoms with Crippen LogP contribution in [0.3, 0.4) is 0 Å². The van der Waals surface area contributed by atoms with Crippen molar-refractivity contribution in [3.8, 4) is 11.5 Å². The van der Waals surface area contributed by atoms with E-state index in [4.69, 9.17) is 39.0 Å². The molecule has 0 saturated heterocycles. The molecule has 0 saturated carbocycles. The van der Waals surface area contributed by atoms with Crippen molar-refractivity contribution in [3.05, 3.63) is 58.6 Å². The average Bonchev–Trinajstić information content (AvgIpc) is 2.47. The van der Waals surface area contributed by atoms with Crippen molar-refractivity contribution in [1.82, 2.24) is 0 Å². The molecule has 0 aliphatic heterocycles. The molecule has 0 aromatic heterocycles. The van der Waals surface area contributed by atoms with Gasteiger partial charge in [0.2, 0.25) is 0 Å². The molecule has 0 radical (unpaired) electrons. The van der Waals surface area contributed by atoms with E-state index in [0.29, 0.717) is 24.0 Å². The number of para-hydroxylation sites is 1. The predicted octanol–water partition coefficient (Wildman–Crippen LogP) is 3.74. The number of hydrogen-bond acceptors (Lipinski definition) is 3. The van der Waals surface area contributed by atoms with Gasteiger partial charge in [0.1, 0.15) is 29.7 Å². The fourth-order valence-corrected chi connectivity index (χ4v) is 2.10. The number of nitrogens with two attached hydrogens (primary N) is 1. The van der Waals surface area contributed by atoms with Crippen LogP contribution in [0.5, 0.6) is 11.5 Å². The largest absolute Gasteiger partial charge is 0.490 e. The molecule has 0 atom stereocenters. The number of thiocarbonyl (C=S) groups is 1. The monoisotopic (exact) mass is 321 g/mol. The lowest BCUT2D eigenvalue weighted by Gasteiger charge is -2.11. The van der Waals surface area contributed by atoms with Crippen LogP contribution in [-0.2, 0) is 0 Å². The van der Waals surface area contributed by atoms with Crippen LogP contribution in [0.4, 0.5) is 0 Å². The summed E-state index contributed by atoms with van der Waals surface area (Å²) in [5, 5.41) is 0.726. The Morgan fingerprint density at radius 2 is 1.86 bits per heavy atom. The van der Waals surface area contributed by atoms with E-state index in [1.165, 1.54) is 0 Å².